The Labute approximate surface area is 190 Å². The average molecular weight is 485 g/mol. The van der Waals surface area contributed by atoms with Gasteiger partial charge in [0, 0.05) is 22.1 Å². The van der Waals surface area contributed by atoms with E-state index in [2.05, 4.69) is 49.1 Å². The van der Waals surface area contributed by atoms with E-state index in [9.17, 15) is 14.4 Å². The highest BCUT2D eigenvalue weighted by Crippen LogP contribution is 1.93. The fraction of sp³-hybridized carbons (Fsp3) is 0.500. The third-order valence-electron chi connectivity index (χ3n) is 1.97. The second-order valence-corrected chi connectivity index (χ2v) is 5.17. The molecule has 0 aliphatic heterocycles. The Morgan fingerprint density at radius 2 is 0.848 bits per heavy atom. The van der Waals surface area contributed by atoms with Crippen molar-refractivity contribution < 1.29 is 64.4 Å². The Bertz CT molecular complexity index is 515. The number of aliphatic hydroxyl groups excluding tert-OH is 3. The second kappa shape index (κ2) is 28.8. The molecule has 0 atom stereocenters. The Balaban J connectivity index is -0.000000180. The maximum atomic E-state index is 10.5. The minimum atomic E-state index is -0.617. The van der Waals surface area contributed by atoms with Crippen molar-refractivity contribution in [2.45, 2.75) is 20.8 Å². The molecule has 0 saturated heterocycles. The smallest absolute Gasteiger partial charge is 0.368 e. The molecule has 15 heteroatoms. The van der Waals surface area contributed by atoms with Crippen LogP contribution < -0.4 is 5.34 Å². The van der Waals surface area contributed by atoms with Crippen molar-refractivity contribution in [3.63, 3.8) is 0 Å². The molecule has 0 radical (unpaired) electrons. The molecule has 0 aromatic heterocycles. The van der Waals surface area contributed by atoms with Crippen molar-refractivity contribution in [2.75, 3.05) is 39.6 Å². The van der Waals surface area contributed by atoms with E-state index in [0.29, 0.717) is 0 Å². The molecule has 0 aliphatic rings. The monoisotopic (exact) mass is 485 g/mol. The van der Waals surface area contributed by atoms with Crippen LogP contribution in [0.3, 0.4) is 0 Å². The van der Waals surface area contributed by atoms with Gasteiger partial charge in [0.25, 0.3) is 0 Å². The molecule has 0 aromatic rings. The van der Waals surface area contributed by atoms with E-state index in [-0.39, 0.29) is 61.7 Å². The number of hydrogen-bond acceptors (Lipinski definition) is 14. The van der Waals surface area contributed by atoms with Crippen LogP contribution >= 0.6 is 0 Å². The third kappa shape index (κ3) is 36.5. The molecule has 0 unspecified atom stereocenters. The van der Waals surface area contributed by atoms with Gasteiger partial charge in [0.1, 0.15) is 19.8 Å². The molecule has 0 spiro atoms. The van der Waals surface area contributed by atoms with Crippen molar-refractivity contribution in [3.05, 3.63) is 46.6 Å². The van der Waals surface area contributed by atoms with E-state index in [0.717, 1.165) is 0 Å². The molecule has 0 saturated carbocycles. The van der Waals surface area contributed by atoms with Crippen LogP contribution in [0, 0.1) is 10.1 Å². The van der Waals surface area contributed by atoms with Crippen molar-refractivity contribution in [3.8, 4) is 0 Å². The van der Waals surface area contributed by atoms with Crippen LogP contribution in [-0.4, -0.2) is 72.9 Å². The van der Waals surface area contributed by atoms with Crippen molar-refractivity contribution in [1.82, 2.24) is 0 Å². The van der Waals surface area contributed by atoms with Crippen LogP contribution in [-0.2, 0) is 43.7 Å². The predicted octanol–water partition coefficient (Wildman–Crippen LogP) is -1.58. The SMILES string of the molecule is C=C(C)C(=O)OOCCO.C=C(C)C(=O)OOCCO.C=C(C)C(=O)OOCCO.O=[NH+][O-]. The summed E-state index contributed by atoms with van der Waals surface area (Å²) in [6.45, 7) is 13.9. The zero-order valence-corrected chi connectivity index (χ0v) is 18.7. The topological polar surface area (TPSA) is 221 Å². The number of hydrogen-bond donors (Lipinski definition) is 4. The molecule has 0 rings (SSSR count). The van der Waals surface area contributed by atoms with Gasteiger partial charge in [0.05, 0.1) is 19.8 Å². The highest BCUT2D eigenvalue weighted by molar-refractivity contribution is 5.87. The zero-order valence-electron chi connectivity index (χ0n) is 18.7. The van der Waals surface area contributed by atoms with Gasteiger partial charge in [-0.3, -0.25) is 24.8 Å². The summed E-state index contributed by atoms with van der Waals surface area (Å²) in [6.07, 6.45) is 0. The fourth-order valence-electron chi connectivity index (χ4n) is 0.611. The van der Waals surface area contributed by atoms with Gasteiger partial charge in [0.15, 0.2) is 0 Å². The lowest BCUT2D eigenvalue weighted by molar-refractivity contribution is -0.398. The minimum Gasteiger partial charge on any atom is -0.394 e. The first-order chi connectivity index (χ1) is 15.5. The second-order valence-electron chi connectivity index (χ2n) is 5.17. The molecule has 0 amide bonds. The first-order valence-electron chi connectivity index (χ1n) is 8.76. The number of nitrogens with one attached hydrogen (secondary N) is 1. The third-order valence-corrected chi connectivity index (χ3v) is 1.97. The molecule has 0 fully saturated rings. The van der Waals surface area contributed by atoms with Gasteiger partial charge in [-0.15, -0.1) is 0 Å². The highest BCUT2D eigenvalue weighted by atomic mass is 17.2. The van der Waals surface area contributed by atoms with Crippen molar-refractivity contribution in [1.29, 1.82) is 0 Å². The lowest BCUT2D eigenvalue weighted by atomic mass is 10.4. The Kier molecular flexibility index (Phi) is 32.4. The molecule has 0 heterocycles. The maximum absolute atomic E-state index is 10.5. The summed E-state index contributed by atoms with van der Waals surface area (Å²) in [4.78, 5) is 64.8. The maximum Gasteiger partial charge on any atom is 0.368 e. The predicted molar refractivity (Wildman–Crippen MR) is 110 cm³/mol. The fourth-order valence-corrected chi connectivity index (χ4v) is 0.611. The molecule has 33 heavy (non-hydrogen) atoms. The number of carbonyl (C=O) groups is 3. The quantitative estimate of drug-likeness (QED) is 0.0805. The van der Waals surface area contributed by atoms with Crippen molar-refractivity contribution in [2.24, 2.45) is 0 Å². The van der Waals surface area contributed by atoms with Gasteiger partial charge in [-0.1, -0.05) is 19.7 Å². The van der Waals surface area contributed by atoms with E-state index >= 15 is 0 Å². The summed E-state index contributed by atoms with van der Waals surface area (Å²) in [6, 6.07) is 0. The van der Waals surface area contributed by atoms with E-state index in [4.69, 9.17) is 25.4 Å². The molecule has 0 bridgehead atoms. The van der Waals surface area contributed by atoms with Crippen LogP contribution in [0.4, 0.5) is 0 Å². The van der Waals surface area contributed by atoms with Gasteiger partial charge >= 0.3 is 17.9 Å². The van der Waals surface area contributed by atoms with Gasteiger partial charge in [-0.05, 0) is 20.8 Å². The summed E-state index contributed by atoms with van der Waals surface area (Å²) >= 11 is 0. The number of carbonyl (C=O) groups excluding carboxylic acids is 3. The largest absolute Gasteiger partial charge is 0.394 e. The van der Waals surface area contributed by atoms with Crippen LogP contribution in [0.5, 0.6) is 0 Å². The average Bonchev–Trinajstić information content (AvgIpc) is 2.75. The normalized spacial score (nSPS) is 8.55. The molecule has 4 N–H and O–H groups in total. The molecule has 0 aromatic carbocycles. The standard InChI is InChI=1S/3C6H10O4.HNO2/c3*1-5(2)6(8)10-9-4-3-7;2-1-3/h3*7H,1,3-4H2,2H3;1H. The van der Waals surface area contributed by atoms with Gasteiger partial charge in [-0.2, -0.15) is 14.7 Å². The van der Waals surface area contributed by atoms with Gasteiger partial charge < -0.3 is 15.3 Å². The Morgan fingerprint density at radius 1 is 0.667 bits per heavy atom. The van der Waals surface area contributed by atoms with Gasteiger partial charge in [-0.25, -0.2) is 14.4 Å². The lowest BCUT2D eigenvalue weighted by Gasteiger charge is -1.99. The van der Waals surface area contributed by atoms with Gasteiger partial charge in [0.2, 0.25) is 0 Å². The molecule has 15 nitrogen and oxygen atoms in total. The molecular weight excluding hydrogens is 454 g/mol. The van der Waals surface area contributed by atoms with E-state index < -0.39 is 17.9 Å². The van der Waals surface area contributed by atoms with Crippen molar-refractivity contribution >= 4 is 17.9 Å². The summed E-state index contributed by atoms with van der Waals surface area (Å²) < 4.78 is 0. The lowest BCUT2D eigenvalue weighted by Crippen LogP contribution is -2.53. The van der Waals surface area contributed by atoms with E-state index in [1.807, 2.05) is 0 Å². The summed E-state index contributed by atoms with van der Waals surface area (Å²) in [5.74, 6) is -1.85. The first kappa shape index (κ1) is 37.1. The Morgan fingerprint density at radius 3 is 0.970 bits per heavy atom. The molecular formula is C18H31NO14. The summed E-state index contributed by atoms with van der Waals surface area (Å²) in [7, 11) is 0. The van der Waals surface area contributed by atoms with Crippen LogP contribution in [0.2, 0.25) is 0 Å². The first-order valence-corrected chi connectivity index (χ1v) is 8.76. The van der Waals surface area contributed by atoms with E-state index in [1.165, 1.54) is 20.8 Å². The van der Waals surface area contributed by atoms with Crippen LogP contribution in [0.1, 0.15) is 20.8 Å². The minimum absolute atomic E-state index is 0.0149. The van der Waals surface area contributed by atoms with E-state index in [1.54, 1.807) is 0 Å². The highest BCUT2D eigenvalue weighted by Gasteiger charge is 2.03. The zero-order chi connectivity index (χ0) is 26.7. The summed E-state index contributed by atoms with van der Waals surface area (Å²) in [5.41, 5.74) is 0.786. The van der Waals surface area contributed by atoms with Crippen LogP contribution in [0.25, 0.3) is 0 Å². The molecule has 192 valence electrons. The summed E-state index contributed by atoms with van der Waals surface area (Å²) in [5, 5.41) is 32.9. The number of aliphatic hydroxyl groups is 3. The molecule has 0 aliphatic carbocycles. The van der Waals surface area contributed by atoms with Crippen LogP contribution in [0.15, 0.2) is 36.5 Å². The number of rotatable bonds is 12. The Hall–Kier alpha value is -3.21.